The van der Waals surface area contributed by atoms with Crippen LogP contribution < -0.4 is 10.2 Å². The standard InChI is InChI=1S/C26H28FN3O4S2/c1-15(2)30(24(32)17-8-10-26(3,27)11-9-17)20-12-21(36-22(20)25(33)34)16-4-6-18(7-5-16)29-23(31)19-13-35-14-28-19/h4-7,12-15,17H,8-11H2,1-3H3,(H,29,31)(H,33,34). The Labute approximate surface area is 217 Å². The first-order valence-electron chi connectivity index (χ1n) is 11.7. The molecule has 2 N–H and O–H groups in total. The van der Waals surface area contributed by atoms with Gasteiger partial charge in [-0.25, -0.2) is 14.2 Å². The van der Waals surface area contributed by atoms with Gasteiger partial charge in [0, 0.05) is 27.9 Å². The van der Waals surface area contributed by atoms with Gasteiger partial charge < -0.3 is 15.3 Å². The van der Waals surface area contributed by atoms with Crippen molar-refractivity contribution in [1.82, 2.24) is 4.98 Å². The van der Waals surface area contributed by atoms with E-state index in [9.17, 15) is 23.9 Å². The highest BCUT2D eigenvalue weighted by Gasteiger charge is 2.37. The Balaban J connectivity index is 1.59. The van der Waals surface area contributed by atoms with Crippen LogP contribution in [0.3, 0.4) is 0 Å². The van der Waals surface area contributed by atoms with Gasteiger partial charge in [-0.05, 0) is 70.2 Å². The summed E-state index contributed by atoms with van der Waals surface area (Å²) in [6.45, 7) is 5.27. The van der Waals surface area contributed by atoms with Gasteiger partial charge >= 0.3 is 5.97 Å². The Morgan fingerprint density at radius 3 is 2.42 bits per heavy atom. The zero-order chi connectivity index (χ0) is 26.0. The Hall–Kier alpha value is -3.11. The number of anilines is 2. The van der Waals surface area contributed by atoms with E-state index in [1.807, 2.05) is 13.8 Å². The molecule has 1 aliphatic carbocycles. The molecule has 0 spiro atoms. The first kappa shape index (κ1) is 26.0. The minimum Gasteiger partial charge on any atom is -0.477 e. The topological polar surface area (TPSA) is 99.6 Å². The molecular weight excluding hydrogens is 501 g/mol. The van der Waals surface area contributed by atoms with E-state index < -0.39 is 11.6 Å². The van der Waals surface area contributed by atoms with Crippen LogP contribution in [0.4, 0.5) is 15.8 Å². The number of thiophene rings is 1. The largest absolute Gasteiger partial charge is 0.477 e. The van der Waals surface area contributed by atoms with Crippen molar-refractivity contribution in [3.05, 3.63) is 51.8 Å². The monoisotopic (exact) mass is 529 g/mol. The van der Waals surface area contributed by atoms with E-state index in [4.69, 9.17) is 0 Å². The maximum Gasteiger partial charge on any atom is 0.348 e. The van der Waals surface area contributed by atoms with Gasteiger partial charge in [-0.15, -0.1) is 22.7 Å². The van der Waals surface area contributed by atoms with Gasteiger partial charge in [0.15, 0.2) is 0 Å². The lowest BCUT2D eigenvalue weighted by Crippen LogP contribution is -2.43. The molecule has 0 atom stereocenters. The number of carbonyl (C=O) groups is 3. The van der Waals surface area contributed by atoms with E-state index in [0.717, 1.165) is 16.9 Å². The summed E-state index contributed by atoms with van der Waals surface area (Å²) in [7, 11) is 0. The fourth-order valence-corrected chi connectivity index (χ4v) is 5.93. The molecule has 1 saturated carbocycles. The van der Waals surface area contributed by atoms with Crippen molar-refractivity contribution >= 4 is 51.8 Å². The number of carboxylic acid groups (broad SMARTS) is 1. The van der Waals surface area contributed by atoms with Crippen molar-refractivity contribution in [1.29, 1.82) is 0 Å². The molecular formula is C26H28FN3O4S2. The van der Waals surface area contributed by atoms with Crippen LogP contribution in [0.25, 0.3) is 10.4 Å². The van der Waals surface area contributed by atoms with Crippen LogP contribution >= 0.6 is 22.7 Å². The van der Waals surface area contributed by atoms with Crippen LogP contribution in [0.15, 0.2) is 41.2 Å². The summed E-state index contributed by atoms with van der Waals surface area (Å²) in [5, 5.41) is 14.4. The maximum absolute atomic E-state index is 14.3. The fourth-order valence-electron chi connectivity index (χ4n) is 4.41. The van der Waals surface area contributed by atoms with Crippen molar-refractivity contribution in [2.75, 3.05) is 10.2 Å². The molecule has 0 radical (unpaired) electrons. The third kappa shape index (κ3) is 5.65. The molecule has 0 bridgehead atoms. The summed E-state index contributed by atoms with van der Waals surface area (Å²) in [5.74, 6) is -1.90. The molecule has 190 valence electrons. The van der Waals surface area contributed by atoms with E-state index >= 15 is 0 Å². The Morgan fingerprint density at radius 2 is 1.86 bits per heavy atom. The van der Waals surface area contributed by atoms with Gasteiger partial charge in [0.2, 0.25) is 5.91 Å². The van der Waals surface area contributed by atoms with Gasteiger partial charge in [0.05, 0.1) is 11.2 Å². The number of halogens is 1. The number of nitrogens with zero attached hydrogens (tertiary/aromatic N) is 2. The second-order valence-electron chi connectivity index (χ2n) is 9.52. The second-order valence-corrected chi connectivity index (χ2v) is 11.3. The number of nitrogens with one attached hydrogen (secondary N) is 1. The maximum atomic E-state index is 14.3. The predicted molar refractivity (Wildman–Crippen MR) is 141 cm³/mol. The van der Waals surface area contributed by atoms with E-state index in [2.05, 4.69) is 10.3 Å². The highest BCUT2D eigenvalue weighted by molar-refractivity contribution is 7.18. The minimum atomic E-state index is -1.26. The quantitative estimate of drug-likeness (QED) is 0.365. The number of carbonyl (C=O) groups excluding carboxylic acids is 2. The molecule has 1 aromatic carbocycles. The number of aromatic nitrogens is 1. The van der Waals surface area contributed by atoms with Crippen LogP contribution in [0.5, 0.6) is 0 Å². The van der Waals surface area contributed by atoms with E-state index in [1.54, 1.807) is 53.0 Å². The lowest BCUT2D eigenvalue weighted by Gasteiger charge is -2.35. The van der Waals surface area contributed by atoms with Gasteiger partial charge in [-0.3, -0.25) is 9.59 Å². The molecule has 1 aliphatic rings. The van der Waals surface area contributed by atoms with Crippen molar-refractivity contribution in [3.8, 4) is 10.4 Å². The van der Waals surface area contributed by atoms with Crippen LogP contribution in [0.2, 0.25) is 0 Å². The Bertz CT molecular complexity index is 1240. The summed E-state index contributed by atoms with van der Waals surface area (Å²) in [6.07, 6.45) is 1.54. The number of rotatable bonds is 7. The Morgan fingerprint density at radius 1 is 1.19 bits per heavy atom. The molecule has 0 unspecified atom stereocenters. The number of carboxylic acids is 1. The second kappa shape index (κ2) is 10.5. The average Bonchev–Trinajstić information content (AvgIpc) is 3.50. The molecule has 7 nitrogen and oxygen atoms in total. The summed E-state index contributed by atoms with van der Waals surface area (Å²) in [6, 6.07) is 8.53. The number of thiazole rings is 1. The zero-order valence-corrected chi connectivity index (χ0v) is 21.9. The molecule has 3 aromatic rings. The number of benzene rings is 1. The van der Waals surface area contributed by atoms with Gasteiger partial charge in [0.25, 0.3) is 5.91 Å². The number of hydrogen-bond donors (Lipinski definition) is 2. The highest BCUT2D eigenvalue weighted by atomic mass is 32.1. The lowest BCUT2D eigenvalue weighted by molar-refractivity contribution is -0.124. The molecule has 10 heteroatoms. The fraction of sp³-hybridized carbons (Fsp3) is 0.385. The molecule has 2 amide bonds. The molecule has 36 heavy (non-hydrogen) atoms. The third-order valence-corrected chi connectivity index (χ3v) is 8.14. The summed E-state index contributed by atoms with van der Waals surface area (Å²) < 4.78 is 14.3. The predicted octanol–water partition coefficient (Wildman–Crippen LogP) is 6.48. The van der Waals surface area contributed by atoms with Crippen LogP contribution in [-0.4, -0.2) is 39.6 Å². The van der Waals surface area contributed by atoms with E-state index in [0.29, 0.717) is 47.6 Å². The lowest BCUT2D eigenvalue weighted by atomic mass is 9.80. The summed E-state index contributed by atoms with van der Waals surface area (Å²) >= 11 is 2.43. The number of amides is 2. The third-order valence-electron chi connectivity index (χ3n) is 6.39. The summed E-state index contributed by atoms with van der Waals surface area (Å²) in [4.78, 5) is 44.2. The first-order chi connectivity index (χ1) is 17.1. The first-order valence-corrected chi connectivity index (χ1v) is 13.5. The number of hydrogen-bond acceptors (Lipinski definition) is 6. The van der Waals surface area contributed by atoms with Crippen molar-refractivity contribution in [3.63, 3.8) is 0 Å². The molecule has 2 aromatic heterocycles. The minimum absolute atomic E-state index is 0.0825. The van der Waals surface area contributed by atoms with Crippen LogP contribution in [-0.2, 0) is 4.79 Å². The van der Waals surface area contributed by atoms with Crippen LogP contribution in [0.1, 0.15) is 66.6 Å². The van der Waals surface area contributed by atoms with Gasteiger partial charge in [-0.2, -0.15) is 0 Å². The highest BCUT2D eigenvalue weighted by Crippen LogP contribution is 2.41. The smallest absolute Gasteiger partial charge is 0.348 e. The molecule has 0 aliphatic heterocycles. The van der Waals surface area contributed by atoms with E-state index in [-0.39, 0.29) is 28.7 Å². The van der Waals surface area contributed by atoms with Crippen LogP contribution in [0, 0.1) is 5.92 Å². The molecule has 1 fully saturated rings. The molecule has 0 saturated heterocycles. The number of aromatic carboxylic acids is 1. The normalized spacial score (nSPS) is 19.8. The molecule has 2 heterocycles. The average molecular weight is 530 g/mol. The van der Waals surface area contributed by atoms with Crippen molar-refractivity contribution < 1.29 is 23.9 Å². The van der Waals surface area contributed by atoms with Gasteiger partial charge in [-0.1, -0.05) is 12.1 Å². The van der Waals surface area contributed by atoms with E-state index in [1.165, 1.54) is 11.3 Å². The molecule has 4 rings (SSSR count). The SMILES string of the molecule is CC(C)N(C(=O)C1CCC(C)(F)CC1)c1cc(-c2ccc(NC(=O)c3cscn3)cc2)sc1C(=O)O. The number of alkyl halides is 1. The van der Waals surface area contributed by atoms with Crippen molar-refractivity contribution in [2.24, 2.45) is 5.92 Å². The van der Waals surface area contributed by atoms with Gasteiger partial charge in [0.1, 0.15) is 16.2 Å². The Kier molecular flexibility index (Phi) is 7.56. The van der Waals surface area contributed by atoms with Crippen molar-refractivity contribution in [2.45, 2.75) is 58.2 Å². The summed E-state index contributed by atoms with van der Waals surface area (Å²) in [5.41, 5.74) is 2.38. The zero-order valence-electron chi connectivity index (χ0n) is 20.3.